The maximum Gasteiger partial charge on any atom is 0.315 e. The van der Waals surface area contributed by atoms with Crippen LogP contribution >= 0.6 is 0 Å². The van der Waals surface area contributed by atoms with Crippen LogP contribution in [0.3, 0.4) is 0 Å². The topological polar surface area (TPSA) is 197 Å². The molecule has 12 nitrogen and oxygen atoms in total. The molecule has 0 fully saturated rings. The molecule has 0 atom stereocenters. The normalized spacial score (nSPS) is 11.8. The van der Waals surface area contributed by atoms with Crippen molar-refractivity contribution >= 4 is 49.2 Å². The maximum atomic E-state index is 13.8. The van der Waals surface area contributed by atoms with Crippen molar-refractivity contribution in [1.82, 2.24) is 15.0 Å². The van der Waals surface area contributed by atoms with E-state index in [9.17, 15) is 30.3 Å². The fourth-order valence-electron chi connectivity index (χ4n) is 2.34. The highest BCUT2D eigenvalue weighted by atomic mass is 32.2. The first-order valence-electron chi connectivity index (χ1n) is 7.82. The average Bonchev–Trinajstić information content (AvgIpc) is 2.61. The third-order valence-corrected chi connectivity index (χ3v) is 5.39. The molecule has 0 unspecified atom stereocenters. The second kappa shape index (κ2) is 7.79. The molecule has 0 saturated carbocycles. The predicted molar refractivity (Wildman–Crippen MR) is 103 cm³/mol. The van der Waals surface area contributed by atoms with Gasteiger partial charge in [0.2, 0.25) is 11.9 Å². The molecule has 6 N–H and O–H groups in total. The first kappa shape index (κ1) is 21.3. The lowest BCUT2D eigenvalue weighted by Crippen LogP contribution is -2.09. The minimum absolute atomic E-state index is 0.0479. The van der Waals surface area contributed by atoms with E-state index >= 15 is 0 Å². The quantitative estimate of drug-likeness (QED) is 0.265. The molecule has 3 aromatic rings. The maximum absolute atomic E-state index is 13.8. The Labute approximate surface area is 169 Å². The number of nitrogen functional groups attached to an aromatic ring is 1. The number of nitrogens with two attached hydrogens (primary N) is 1. The molecule has 0 spiro atoms. The zero-order valence-electron chi connectivity index (χ0n) is 14.7. The summed E-state index contributed by atoms with van der Waals surface area (Å²) in [5.74, 6) is -0.785. The van der Waals surface area contributed by atoms with Crippen molar-refractivity contribution in [3.63, 3.8) is 0 Å². The third-order valence-electron chi connectivity index (χ3n) is 3.57. The molecule has 0 bridgehead atoms. The minimum atomic E-state index is -4.61. The van der Waals surface area contributed by atoms with Crippen molar-refractivity contribution in [3.05, 3.63) is 48.5 Å². The minimum Gasteiger partial charge on any atom is -0.398 e. The summed E-state index contributed by atoms with van der Waals surface area (Å²) in [4.78, 5) is 9.59. The van der Waals surface area contributed by atoms with Gasteiger partial charge in [-0.2, -0.15) is 36.2 Å². The second-order valence-electron chi connectivity index (χ2n) is 5.70. The van der Waals surface area contributed by atoms with Crippen molar-refractivity contribution < 1.29 is 30.3 Å². The van der Waals surface area contributed by atoms with Crippen molar-refractivity contribution in [2.24, 2.45) is 0 Å². The Bertz CT molecular complexity index is 1330. The van der Waals surface area contributed by atoms with Gasteiger partial charge in [0.1, 0.15) is 9.79 Å². The van der Waals surface area contributed by atoms with Gasteiger partial charge in [0, 0.05) is 5.69 Å². The summed E-state index contributed by atoms with van der Waals surface area (Å²) in [5, 5.41) is 4.97. The van der Waals surface area contributed by atoms with E-state index in [4.69, 9.17) is 5.73 Å². The molecule has 30 heavy (non-hydrogen) atoms. The molecule has 0 aliphatic heterocycles. The summed E-state index contributed by atoms with van der Waals surface area (Å²) >= 11 is 0. The molecule has 0 radical (unpaired) electrons. The van der Waals surface area contributed by atoms with Gasteiger partial charge in [-0.05, 0) is 30.3 Å². The number of nitrogens with one attached hydrogen (secondary N) is 2. The monoisotopic (exact) mass is 456 g/mol. The standard InChI is InChI=1S/C15H13FN6O6S2/c16-13-20-14(18-8-5-6-9(17)12(7-8)30(26,27)28)22-15(21-13)19-10-3-1-2-4-11(10)29(23,24)25/h1-7H,17H2,(H,23,24,25)(H,26,27,28)(H2,18,19,20,21,22). The van der Waals surface area contributed by atoms with Crippen LogP contribution in [0.5, 0.6) is 0 Å². The Hall–Kier alpha value is -3.40. The van der Waals surface area contributed by atoms with Crippen molar-refractivity contribution in [1.29, 1.82) is 0 Å². The van der Waals surface area contributed by atoms with Crippen LogP contribution in [0.2, 0.25) is 0 Å². The van der Waals surface area contributed by atoms with Crippen LogP contribution in [-0.4, -0.2) is 40.9 Å². The van der Waals surface area contributed by atoms with E-state index in [2.05, 4.69) is 25.6 Å². The first-order valence-corrected chi connectivity index (χ1v) is 10.7. The SMILES string of the molecule is Nc1ccc(Nc2nc(F)nc(Nc3ccccc3S(=O)(=O)O)n2)cc1S(=O)(=O)O. The van der Waals surface area contributed by atoms with Gasteiger partial charge in [-0.3, -0.25) is 9.11 Å². The number of halogens is 1. The van der Waals surface area contributed by atoms with E-state index in [-0.39, 0.29) is 23.0 Å². The molecular formula is C15H13FN6O6S2. The van der Waals surface area contributed by atoms with Crippen molar-refractivity contribution in [2.45, 2.75) is 9.79 Å². The largest absolute Gasteiger partial charge is 0.398 e. The molecule has 0 aliphatic carbocycles. The van der Waals surface area contributed by atoms with Crippen LogP contribution in [-0.2, 0) is 20.2 Å². The van der Waals surface area contributed by atoms with Gasteiger partial charge in [0.05, 0.1) is 11.4 Å². The van der Waals surface area contributed by atoms with Gasteiger partial charge in [0.15, 0.2) is 0 Å². The van der Waals surface area contributed by atoms with E-state index in [1.165, 1.54) is 30.3 Å². The summed E-state index contributed by atoms with van der Waals surface area (Å²) in [6.07, 6.45) is -1.25. The highest BCUT2D eigenvalue weighted by Gasteiger charge is 2.17. The van der Waals surface area contributed by atoms with Crippen LogP contribution in [0.25, 0.3) is 0 Å². The number of aromatic nitrogens is 3. The number of hydrogen-bond donors (Lipinski definition) is 5. The molecular weight excluding hydrogens is 443 g/mol. The molecule has 158 valence electrons. The Kier molecular flexibility index (Phi) is 5.53. The molecule has 0 saturated heterocycles. The van der Waals surface area contributed by atoms with Crippen LogP contribution in [0.4, 0.5) is 33.3 Å². The zero-order chi connectivity index (χ0) is 22.1. The average molecular weight is 456 g/mol. The molecule has 0 aliphatic rings. The number of rotatable bonds is 6. The van der Waals surface area contributed by atoms with Gasteiger partial charge < -0.3 is 16.4 Å². The number of hydrogen-bond acceptors (Lipinski definition) is 10. The van der Waals surface area contributed by atoms with Crippen molar-refractivity contribution in [3.8, 4) is 0 Å². The summed E-state index contributed by atoms with van der Waals surface area (Å²) < 4.78 is 77.9. The van der Waals surface area contributed by atoms with Gasteiger partial charge in [-0.25, -0.2) is 0 Å². The van der Waals surface area contributed by atoms with Crippen LogP contribution in [0.1, 0.15) is 0 Å². The smallest absolute Gasteiger partial charge is 0.315 e. The Balaban J connectivity index is 1.95. The summed E-state index contributed by atoms with van der Waals surface area (Å²) in [6.45, 7) is 0. The Morgan fingerprint density at radius 3 is 2.07 bits per heavy atom. The highest BCUT2D eigenvalue weighted by Crippen LogP contribution is 2.26. The lowest BCUT2D eigenvalue weighted by atomic mass is 10.3. The lowest BCUT2D eigenvalue weighted by molar-refractivity contribution is 0.481. The fraction of sp³-hybridized carbons (Fsp3) is 0. The first-order chi connectivity index (χ1) is 13.9. The summed E-state index contributed by atoms with van der Waals surface area (Å²) in [7, 11) is -9.19. The molecule has 15 heteroatoms. The summed E-state index contributed by atoms with van der Waals surface area (Å²) in [5.41, 5.74) is 5.21. The zero-order valence-corrected chi connectivity index (χ0v) is 16.3. The predicted octanol–water partition coefficient (Wildman–Crippen LogP) is 1.57. The summed E-state index contributed by atoms with van der Waals surface area (Å²) in [6, 6.07) is 8.71. The second-order valence-corrected chi connectivity index (χ2v) is 8.48. The highest BCUT2D eigenvalue weighted by molar-refractivity contribution is 7.86. The number of benzene rings is 2. The van der Waals surface area contributed by atoms with E-state index in [1.807, 2.05) is 0 Å². The van der Waals surface area contributed by atoms with Crippen molar-refractivity contribution in [2.75, 3.05) is 16.4 Å². The van der Waals surface area contributed by atoms with Crippen LogP contribution < -0.4 is 16.4 Å². The lowest BCUT2D eigenvalue weighted by Gasteiger charge is -2.11. The van der Waals surface area contributed by atoms with E-state index in [0.717, 1.165) is 12.1 Å². The number of anilines is 5. The molecule has 3 rings (SSSR count). The van der Waals surface area contributed by atoms with Crippen LogP contribution in [0.15, 0.2) is 52.3 Å². The number of nitrogens with zero attached hydrogens (tertiary/aromatic N) is 3. The van der Waals surface area contributed by atoms with Crippen LogP contribution in [0, 0.1) is 6.08 Å². The van der Waals surface area contributed by atoms with Gasteiger partial charge >= 0.3 is 6.08 Å². The Morgan fingerprint density at radius 2 is 1.43 bits per heavy atom. The molecule has 2 aromatic carbocycles. The molecule has 1 heterocycles. The molecule has 0 amide bonds. The third kappa shape index (κ3) is 4.95. The van der Waals surface area contributed by atoms with Gasteiger partial charge in [-0.15, -0.1) is 0 Å². The number of para-hydroxylation sites is 1. The van der Waals surface area contributed by atoms with Gasteiger partial charge in [-0.1, -0.05) is 12.1 Å². The van der Waals surface area contributed by atoms with Gasteiger partial charge in [0.25, 0.3) is 20.2 Å². The molecule has 1 aromatic heterocycles. The van der Waals surface area contributed by atoms with E-state index in [0.29, 0.717) is 0 Å². The Morgan fingerprint density at radius 1 is 0.833 bits per heavy atom. The van der Waals surface area contributed by atoms with E-state index in [1.54, 1.807) is 0 Å². The van der Waals surface area contributed by atoms with E-state index < -0.39 is 42.1 Å². The fourth-order valence-corrected chi connectivity index (χ4v) is 3.63.